The van der Waals surface area contributed by atoms with Crippen molar-refractivity contribution in [2.45, 2.75) is 6.92 Å². The van der Waals surface area contributed by atoms with E-state index in [0.29, 0.717) is 24.7 Å². The molecule has 0 spiro atoms. The molecule has 0 saturated carbocycles. The number of rotatable bonds is 6. The molecule has 7 heteroatoms. The molecule has 6 nitrogen and oxygen atoms in total. The average molecular weight is 403 g/mol. The van der Waals surface area contributed by atoms with Gasteiger partial charge in [0.2, 0.25) is 0 Å². The number of halogens is 1. The molecular weight excluding hydrogens is 384 g/mol. The molecule has 130 valence electrons. The van der Waals surface area contributed by atoms with Crippen molar-refractivity contribution < 1.29 is 9.53 Å². The highest BCUT2D eigenvalue weighted by atomic mass is 79.9. The Bertz CT molecular complexity index is 907. The molecule has 0 unspecified atom stereocenters. The quantitative estimate of drug-likeness (QED) is 0.618. The van der Waals surface area contributed by atoms with Crippen LogP contribution in [-0.4, -0.2) is 35.6 Å². The Hall–Kier alpha value is -2.38. The molecule has 0 saturated heterocycles. The van der Waals surface area contributed by atoms with E-state index < -0.39 is 0 Å². The number of amides is 1. The van der Waals surface area contributed by atoms with Crippen molar-refractivity contribution in [3.05, 3.63) is 58.5 Å². The second-order valence-corrected chi connectivity index (χ2v) is 6.49. The SMILES string of the molecule is COCCNC(=O)c1cnc(Nc2cccc(Br)c2)c2ccc(C)n12. The Morgan fingerprint density at radius 2 is 2.16 bits per heavy atom. The number of nitrogens with zero attached hydrogens (tertiary/aromatic N) is 2. The maximum Gasteiger partial charge on any atom is 0.269 e. The van der Waals surface area contributed by atoms with Gasteiger partial charge in [-0.25, -0.2) is 4.98 Å². The lowest BCUT2D eigenvalue weighted by Crippen LogP contribution is -2.29. The van der Waals surface area contributed by atoms with E-state index in [4.69, 9.17) is 4.74 Å². The molecule has 1 aromatic carbocycles. The average Bonchev–Trinajstić information content (AvgIpc) is 2.98. The van der Waals surface area contributed by atoms with Crippen molar-refractivity contribution in [3.8, 4) is 0 Å². The van der Waals surface area contributed by atoms with Gasteiger partial charge in [-0.3, -0.25) is 4.79 Å². The molecule has 0 fully saturated rings. The zero-order valence-corrected chi connectivity index (χ0v) is 15.6. The maximum atomic E-state index is 12.4. The number of benzene rings is 1. The zero-order chi connectivity index (χ0) is 17.8. The fraction of sp³-hybridized carbons (Fsp3) is 0.222. The maximum absolute atomic E-state index is 12.4. The van der Waals surface area contributed by atoms with E-state index in [9.17, 15) is 4.79 Å². The molecule has 0 aliphatic heterocycles. The molecule has 25 heavy (non-hydrogen) atoms. The number of aromatic nitrogens is 2. The van der Waals surface area contributed by atoms with Crippen LogP contribution < -0.4 is 10.6 Å². The Kier molecular flexibility index (Phi) is 5.35. The predicted molar refractivity (Wildman–Crippen MR) is 102 cm³/mol. The minimum Gasteiger partial charge on any atom is -0.383 e. The van der Waals surface area contributed by atoms with Crippen LogP contribution in [0.25, 0.3) is 5.52 Å². The Labute approximate surface area is 154 Å². The third-order valence-corrected chi connectivity index (χ3v) is 4.28. The summed E-state index contributed by atoms with van der Waals surface area (Å²) in [7, 11) is 1.60. The van der Waals surface area contributed by atoms with Crippen LogP contribution in [0.2, 0.25) is 0 Å². The fourth-order valence-corrected chi connectivity index (χ4v) is 3.01. The number of fused-ring (bicyclic) bond motifs is 1. The summed E-state index contributed by atoms with van der Waals surface area (Å²) in [6.45, 7) is 2.88. The van der Waals surface area contributed by atoms with Crippen LogP contribution in [0.3, 0.4) is 0 Å². The van der Waals surface area contributed by atoms with Crippen LogP contribution in [0.5, 0.6) is 0 Å². The molecule has 2 heterocycles. The van der Waals surface area contributed by atoms with Crippen LogP contribution in [-0.2, 0) is 4.74 Å². The van der Waals surface area contributed by atoms with Gasteiger partial charge in [-0.2, -0.15) is 0 Å². The molecular formula is C18H19BrN4O2. The number of anilines is 2. The van der Waals surface area contributed by atoms with Crippen LogP contribution >= 0.6 is 15.9 Å². The number of ether oxygens (including phenoxy) is 1. The predicted octanol–water partition coefficient (Wildman–Crippen LogP) is 3.53. The number of hydrogen-bond donors (Lipinski definition) is 2. The Morgan fingerprint density at radius 3 is 2.92 bits per heavy atom. The monoisotopic (exact) mass is 402 g/mol. The molecule has 0 radical (unpaired) electrons. The fourth-order valence-electron chi connectivity index (χ4n) is 2.61. The summed E-state index contributed by atoms with van der Waals surface area (Å²) in [5.74, 6) is 0.516. The van der Waals surface area contributed by atoms with E-state index in [2.05, 4.69) is 31.5 Å². The first-order valence-electron chi connectivity index (χ1n) is 7.87. The Morgan fingerprint density at radius 1 is 1.32 bits per heavy atom. The smallest absolute Gasteiger partial charge is 0.269 e. The van der Waals surface area contributed by atoms with E-state index >= 15 is 0 Å². The van der Waals surface area contributed by atoms with Crippen molar-refractivity contribution in [2.24, 2.45) is 0 Å². The van der Waals surface area contributed by atoms with Crippen LogP contribution in [0, 0.1) is 6.92 Å². The summed E-state index contributed by atoms with van der Waals surface area (Å²) in [5.41, 5.74) is 3.22. The highest BCUT2D eigenvalue weighted by Gasteiger charge is 2.15. The minimum absolute atomic E-state index is 0.178. The topological polar surface area (TPSA) is 67.7 Å². The van der Waals surface area contributed by atoms with Crippen molar-refractivity contribution in [2.75, 3.05) is 25.6 Å². The van der Waals surface area contributed by atoms with Crippen LogP contribution in [0.4, 0.5) is 11.5 Å². The van der Waals surface area contributed by atoms with Gasteiger partial charge in [-0.05, 0) is 37.3 Å². The summed E-state index contributed by atoms with van der Waals surface area (Å²) in [6.07, 6.45) is 1.59. The van der Waals surface area contributed by atoms with Gasteiger partial charge in [-0.15, -0.1) is 0 Å². The number of methoxy groups -OCH3 is 1. The first kappa shape index (κ1) is 17.4. The van der Waals surface area contributed by atoms with Crippen molar-refractivity contribution in [1.82, 2.24) is 14.7 Å². The molecule has 0 aliphatic carbocycles. The van der Waals surface area contributed by atoms with Crippen molar-refractivity contribution in [1.29, 1.82) is 0 Å². The molecule has 1 amide bonds. The molecule has 2 aromatic heterocycles. The molecule has 0 aliphatic rings. The van der Waals surface area contributed by atoms with Gasteiger partial charge in [0.1, 0.15) is 5.69 Å². The normalized spacial score (nSPS) is 10.8. The third-order valence-electron chi connectivity index (χ3n) is 3.79. The van der Waals surface area contributed by atoms with Crippen molar-refractivity contribution >= 4 is 38.9 Å². The summed E-state index contributed by atoms with van der Waals surface area (Å²) in [6, 6.07) is 11.8. The van der Waals surface area contributed by atoms with E-state index in [1.807, 2.05) is 47.7 Å². The van der Waals surface area contributed by atoms with Gasteiger partial charge >= 0.3 is 0 Å². The number of carbonyl (C=O) groups is 1. The largest absolute Gasteiger partial charge is 0.383 e. The molecule has 3 rings (SSSR count). The Balaban J connectivity index is 1.95. The lowest BCUT2D eigenvalue weighted by atomic mass is 10.3. The summed E-state index contributed by atoms with van der Waals surface area (Å²) >= 11 is 3.46. The van der Waals surface area contributed by atoms with Crippen LogP contribution in [0.15, 0.2) is 47.1 Å². The highest BCUT2D eigenvalue weighted by Crippen LogP contribution is 2.24. The van der Waals surface area contributed by atoms with E-state index in [0.717, 1.165) is 21.4 Å². The third kappa shape index (κ3) is 3.83. The van der Waals surface area contributed by atoms with Gasteiger partial charge in [0.15, 0.2) is 5.82 Å². The van der Waals surface area contributed by atoms with Crippen LogP contribution in [0.1, 0.15) is 16.2 Å². The first-order chi connectivity index (χ1) is 12.1. The van der Waals surface area contributed by atoms with E-state index in [-0.39, 0.29) is 5.91 Å². The molecule has 0 bridgehead atoms. The molecule has 3 aromatic rings. The summed E-state index contributed by atoms with van der Waals surface area (Å²) in [4.78, 5) is 16.9. The lowest BCUT2D eigenvalue weighted by molar-refractivity contribution is 0.0930. The van der Waals surface area contributed by atoms with E-state index in [1.165, 1.54) is 0 Å². The number of carbonyl (C=O) groups excluding carboxylic acids is 1. The first-order valence-corrected chi connectivity index (χ1v) is 8.66. The van der Waals surface area contributed by atoms with Gasteiger partial charge in [0.05, 0.1) is 18.3 Å². The van der Waals surface area contributed by atoms with Gasteiger partial charge in [0, 0.05) is 29.5 Å². The highest BCUT2D eigenvalue weighted by molar-refractivity contribution is 9.10. The van der Waals surface area contributed by atoms with E-state index in [1.54, 1.807) is 13.3 Å². The summed E-state index contributed by atoms with van der Waals surface area (Å²) < 4.78 is 7.85. The second kappa shape index (κ2) is 7.67. The van der Waals surface area contributed by atoms with Gasteiger partial charge in [0.25, 0.3) is 5.91 Å². The number of aryl methyl sites for hydroxylation is 1. The standard InChI is InChI=1S/C18H19BrN4O2/c1-12-6-7-15-17(22-14-5-3-4-13(19)10-14)21-11-16(23(12)15)18(24)20-8-9-25-2/h3-7,10-11H,8-9H2,1-2H3,(H,20,24)(H,21,22). The van der Waals surface area contributed by atoms with Crippen molar-refractivity contribution in [3.63, 3.8) is 0 Å². The summed E-state index contributed by atoms with van der Waals surface area (Å²) in [5, 5.41) is 6.14. The van der Waals surface area contributed by atoms with Gasteiger partial charge in [-0.1, -0.05) is 22.0 Å². The number of nitrogens with one attached hydrogen (secondary N) is 2. The molecule has 2 N–H and O–H groups in total. The minimum atomic E-state index is -0.178. The lowest BCUT2D eigenvalue weighted by Gasteiger charge is -2.13. The second-order valence-electron chi connectivity index (χ2n) is 5.57. The number of hydrogen-bond acceptors (Lipinski definition) is 4. The zero-order valence-electron chi connectivity index (χ0n) is 14.0. The molecule has 0 atom stereocenters. The van der Waals surface area contributed by atoms with Gasteiger partial charge < -0.3 is 19.8 Å².